The van der Waals surface area contributed by atoms with Crippen molar-refractivity contribution in [2.24, 2.45) is 5.73 Å². The number of primary amides is 1. The summed E-state index contributed by atoms with van der Waals surface area (Å²) in [6.45, 7) is 5.78. The van der Waals surface area contributed by atoms with Crippen LogP contribution < -0.4 is 16.4 Å². The van der Waals surface area contributed by atoms with Gasteiger partial charge in [0.25, 0.3) is 0 Å². The van der Waals surface area contributed by atoms with Crippen LogP contribution in [-0.2, 0) is 28.7 Å². The van der Waals surface area contributed by atoms with Gasteiger partial charge >= 0.3 is 12.1 Å². The predicted molar refractivity (Wildman–Crippen MR) is 135 cm³/mol. The van der Waals surface area contributed by atoms with E-state index in [9.17, 15) is 34.2 Å². The minimum atomic E-state index is -1.33. The van der Waals surface area contributed by atoms with Gasteiger partial charge in [-0.15, -0.1) is 0 Å². The van der Waals surface area contributed by atoms with Gasteiger partial charge in [-0.2, -0.15) is 0 Å². The first kappa shape index (κ1) is 32.2. The predicted octanol–water partition coefficient (Wildman–Crippen LogP) is 0.482. The number of phenolic OH excluding ortho intramolecular Hbond substituents is 1. The number of carbonyl (C=O) groups excluding carboxylic acids is 5. The van der Waals surface area contributed by atoms with Crippen LogP contribution in [-0.4, -0.2) is 82.8 Å². The van der Waals surface area contributed by atoms with E-state index in [1.807, 2.05) is 0 Å². The zero-order chi connectivity index (χ0) is 28.9. The molecule has 1 rings (SSSR count). The van der Waals surface area contributed by atoms with E-state index in [1.165, 1.54) is 24.3 Å². The number of nitrogens with one attached hydrogen (secondary N) is 2. The Bertz CT molecular complexity index is 961. The SMILES string of the molecule is CCOC(=O)CCNC(=O)C(c1ccc(O)cc1)N(CCO)C(=O)C(CCC(N)=O)NC(=O)OC(C)(C)C. The number of hydrogen-bond acceptors (Lipinski definition) is 9. The zero-order valence-corrected chi connectivity index (χ0v) is 22.2. The smallest absolute Gasteiger partial charge is 0.408 e. The molecule has 2 atom stereocenters. The first-order chi connectivity index (χ1) is 17.8. The molecule has 0 radical (unpaired) electrons. The van der Waals surface area contributed by atoms with Gasteiger partial charge in [0, 0.05) is 19.5 Å². The molecule has 0 aliphatic heterocycles. The van der Waals surface area contributed by atoms with Crippen LogP contribution in [0.5, 0.6) is 5.75 Å². The Labute approximate surface area is 221 Å². The molecule has 212 valence electrons. The topological polar surface area (TPSA) is 198 Å². The fourth-order valence-electron chi connectivity index (χ4n) is 3.42. The Morgan fingerprint density at radius 2 is 1.71 bits per heavy atom. The Kier molecular flexibility index (Phi) is 13.0. The fourth-order valence-corrected chi connectivity index (χ4v) is 3.42. The first-order valence-electron chi connectivity index (χ1n) is 12.2. The molecule has 0 bridgehead atoms. The van der Waals surface area contributed by atoms with E-state index in [0.29, 0.717) is 0 Å². The molecule has 0 saturated heterocycles. The van der Waals surface area contributed by atoms with E-state index in [4.69, 9.17) is 15.2 Å². The normalized spacial score (nSPS) is 12.6. The molecule has 0 heterocycles. The summed E-state index contributed by atoms with van der Waals surface area (Å²) in [6.07, 6.45) is -1.49. The van der Waals surface area contributed by atoms with E-state index in [-0.39, 0.29) is 50.3 Å². The number of benzene rings is 1. The second-order valence-electron chi connectivity index (χ2n) is 9.30. The van der Waals surface area contributed by atoms with Crippen LogP contribution in [0.1, 0.15) is 58.6 Å². The molecule has 0 aliphatic carbocycles. The van der Waals surface area contributed by atoms with E-state index in [1.54, 1.807) is 27.7 Å². The number of hydrogen-bond donors (Lipinski definition) is 5. The van der Waals surface area contributed by atoms with Crippen molar-refractivity contribution in [1.82, 2.24) is 15.5 Å². The number of amides is 4. The second-order valence-corrected chi connectivity index (χ2v) is 9.30. The summed E-state index contributed by atoms with van der Waals surface area (Å²) in [5.41, 5.74) is 4.66. The summed E-state index contributed by atoms with van der Waals surface area (Å²) in [5, 5.41) is 24.4. The monoisotopic (exact) mass is 538 g/mol. The minimum absolute atomic E-state index is 0.0822. The van der Waals surface area contributed by atoms with E-state index < -0.39 is 54.1 Å². The summed E-state index contributed by atoms with van der Waals surface area (Å²) in [6, 6.07) is 2.83. The maximum absolute atomic E-state index is 13.7. The Morgan fingerprint density at radius 3 is 2.24 bits per heavy atom. The molecule has 1 aromatic rings. The number of aliphatic hydroxyl groups is 1. The number of alkyl carbamates (subject to hydrolysis) is 1. The Balaban J connectivity index is 3.34. The van der Waals surface area contributed by atoms with Crippen LogP contribution in [0.3, 0.4) is 0 Å². The van der Waals surface area contributed by atoms with Gasteiger partial charge in [0.05, 0.1) is 19.6 Å². The van der Waals surface area contributed by atoms with Crippen LogP contribution >= 0.6 is 0 Å². The van der Waals surface area contributed by atoms with Crippen molar-refractivity contribution in [3.63, 3.8) is 0 Å². The number of esters is 1. The van der Waals surface area contributed by atoms with Crippen molar-refractivity contribution in [2.75, 3.05) is 26.3 Å². The van der Waals surface area contributed by atoms with E-state index in [2.05, 4.69) is 10.6 Å². The highest BCUT2D eigenvalue weighted by molar-refractivity contribution is 5.92. The average Bonchev–Trinajstić information content (AvgIpc) is 2.81. The maximum Gasteiger partial charge on any atom is 0.408 e. The molecule has 38 heavy (non-hydrogen) atoms. The quantitative estimate of drug-likeness (QED) is 0.209. The molecular weight excluding hydrogens is 500 g/mol. The van der Waals surface area contributed by atoms with Crippen LogP contribution in [0.25, 0.3) is 0 Å². The number of nitrogens with two attached hydrogens (primary N) is 1. The number of phenols is 1. The van der Waals surface area contributed by atoms with Crippen molar-refractivity contribution < 1.29 is 43.7 Å². The summed E-state index contributed by atoms with van der Waals surface area (Å²) in [5.74, 6) is -2.79. The van der Waals surface area contributed by atoms with E-state index >= 15 is 0 Å². The number of nitrogens with zero attached hydrogens (tertiary/aromatic N) is 1. The largest absolute Gasteiger partial charge is 0.508 e. The van der Waals surface area contributed by atoms with Gasteiger partial charge in [0.2, 0.25) is 17.7 Å². The van der Waals surface area contributed by atoms with Crippen molar-refractivity contribution >= 4 is 29.8 Å². The number of rotatable bonds is 14. The maximum atomic E-state index is 13.7. The highest BCUT2D eigenvalue weighted by Gasteiger charge is 2.36. The summed E-state index contributed by atoms with van der Waals surface area (Å²) >= 11 is 0. The molecule has 13 nitrogen and oxygen atoms in total. The lowest BCUT2D eigenvalue weighted by atomic mass is 10.0. The van der Waals surface area contributed by atoms with Crippen LogP contribution in [0, 0.1) is 0 Å². The number of aromatic hydroxyl groups is 1. The molecule has 6 N–H and O–H groups in total. The standard InChI is InChI=1S/C25H38N4O9/c1-5-37-20(33)12-13-27-22(34)21(16-6-8-17(31)9-7-16)29(14-15-30)23(35)18(10-11-19(26)32)28-24(36)38-25(2,3)4/h6-9,18,21,30-31H,5,10-15H2,1-4H3,(H2,26,32)(H,27,34)(H,28,36). The lowest BCUT2D eigenvalue weighted by Crippen LogP contribution is -2.54. The van der Waals surface area contributed by atoms with Gasteiger partial charge in [-0.1, -0.05) is 12.1 Å². The molecule has 0 aromatic heterocycles. The van der Waals surface area contributed by atoms with Crippen LogP contribution in [0.15, 0.2) is 24.3 Å². The van der Waals surface area contributed by atoms with Gasteiger partial charge in [-0.25, -0.2) is 4.79 Å². The first-order valence-corrected chi connectivity index (χ1v) is 12.2. The number of ether oxygens (including phenoxy) is 2. The summed E-state index contributed by atoms with van der Waals surface area (Å²) < 4.78 is 10.1. The minimum Gasteiger partial charge on any atom is -0.508 e. The van der Waals surface area contributed by atoms with Gasteiger partial charge < -0.3 is 41.0 Å². The van der Waals surface area contributed by atoms with Gasteiger partial charge in [-0.05, 0) is 51.8 Å². The highest BCUT2D eigenvalue weighted by atomic mass is 16.6. The highest BCUT2D eigenvalue weighted by Crippen LogP contribution is 2.25. The Morgan fingerprint density at radius 1 is 1.08 bits per heavy atom. The van der Waals surface area contributed by atoms with Crippen LogP contribution in [0.2, 0.25) is 0 Å². The Hall–Kier alpha value is -3.87. The summed E-state index contributed by atoms with van der Waals surface area (Å²) in [4.78, 5) is 63.6. The number of carbonyl (C=O) groups is 5. The molecular formula is C25H38N4O9. The van der Waals surface area contributed by atoms with Crippen molar-refractivity contribution in [3.8, 4) is 5.75 Å². The molecule has 13 heteroatoms. The summed E-state index contributed by atoms with van der Waals surface area (Å²) in [7, 11) is 0. The molecule has 0 spiro atoms. The third kappa shape index (κ3) is 11.5. The molecule has 1 aromatic carbocycles. The van der Waals surface area contributed by atoms with Crippen molar-refractivity contribution in [3.05, 3.63) is 29.8 Å². The average molecular weight is 539 g/mol. The second kappa shape index (κ2) is 15.4. The van der Waals surface area contributed by atoms with Crippen LogP contribution in [0.4, 0.5) is 4.79 Å². The van der Waals surface area contributed by atoms with Gasteiger partial charge in [-0.3, -0.25) is 19.2 Å². The third-order valence-corrected chi connectivity index (χ3v) is 4.99. The third-order valence-electron chi connectivity index (χ3n) is 4.99. The van der Waals surface area contributed by atoms with Crippen molar-refractivity contribution in [2.45, 2.75) is 64.6 Å². The molecule has 0 aliphatic rings. The fraction of sp³-hybridized carbons (Fsp3) is 0.560. The zero-order valence-electron chi connectivity index (χ0n) is 22.2. The van der Waals surface area contributed by atoms with Gasteiger partial charge in [0.1, 0.15) is 23.4 Å². The molecule has 0 saturated carbocycles. The molecule has 0 fully saturated rings. The lowest BCUT2D eigenvalue weighted by molar-refractivity contribution is -0.144. The molecule has 4 amide bonds. The van der Waals surface area contributed by atoms with Gasteiger partial charge in [0.15, 0.2) is 0 Å². The lowest BCUT2D eigenvalue weighted by Gasteiger charge is -2.34. The van der Waals surface area contributed by atoms with E-state index in [0.717, 1.165) is 4.90 Å². The molecule has 2 unspecified atom stereocenters. The van der Waals surface area contributed by atoms with Crippen molar-refractivity contribution in [1.29, 1.82) is 0 Å². The number of aliphatic hydroxyl groups excluding tert-OH is 1.